The van der Waals surface area contributed by atoms with Crippen molar-refractivity contribution in [2.45, 2.75) is 63.5 Å². The number of nitrogens with two attached hydrogens (primary N) is 1. The third kappa shape index (κ3) is 3.26. The summed E-state index contributed by atoms with van der Waals surface area (Å²) < 4.78 is 13.1. The summed E-state index contributed by atoms with van der Waals surface area (Å²) >= 11 is 0. The largest absolute Gasteiger partial charge is 0.274 e. The minimum atomic E-state index is -1.41. The summed E-state index contributed by atoms with van der Waals surface area (Å²) in [5.74, 6) is 0.105. The number of aryl methyl sites for hydroxylation is 1. The van der Waals surface area contributed by atoms with Crippen LogP contribution in [0.15, 0.2) is 6.20 Å². The highest BCUT2D eigenvalue weighted by molar-refractivity contribution is 7.84. The van der Waals surface area contributed by atoms with Crippen LogP contribution in [0.25, 0.3) is 0 Å². The smallest absolute Gasteiger partial charge is 0.103 e. The maximum Gasteiger partial charge on any atom is 0.103 e. The van der Waals surface area contributed by atoms with E-state index in [1.165, 1.54) is 12.8 Å². The molecule has 6 heteroatoms. The lowest BCUT2D eigenvalue weighted by Gasteiger charge is -2.37. The zero-order valence-electron chi connectivity index (χ0n) is 13.9. The van der Waals surface area contributed by atoms with Crippen LogP contribution in [0.5, 0.6) is 0 Å². The first kappa shape index (κ1) is 17.2. The summed E-state index contributed by atoms with van der Waals surface area (Å²) in [5, 5.41) is 19.7. The molecule has 0 spiro atoms. The molecule has 0 aliphatic heterocycles. The van der Waals surface area contributed by atoms with Crippen LogP contribution in [0.3, 0.4) is 0 Å². The van der Waals surface area contributed by atoms with Gasteiger partial charge in [-0.25, -0.2) is 4.21 Å². The molecule has 2 atom stereocenters. The third-order valence-electron chi connectivity index (χ3n) is 5.14. The number of nitriles is 1. The Bertz CT molecular complexity index is 608. The van der Waals surface area contributed by atoms with Gasteiger partial charge in [0.15, 0.2) is 0 Å². The van der Waals surface area contributed by atoms with Gasteiger partial charge < -0.3 is 0 Å². The van der Waals surface area contributed by atoms with Crippen molar-refractivity contribution in [2.24, 2.45) is 17.6 Å². The molecule has 1 aromatic heterocycles. The van der Waals surface area contributed by atoms with E-state index in [1.54, 1.807) is 10.9 Å². The monoisotopic (exact) mass is 322 g/mol. The second-order valence-corrected chi connectivity index (χ2v) is 9.09. The van der Waals surface area contributed by atoms with E-state index in [4.69, 9.17) is 5.14 Å². The average Bonchev–Trinajstić information content (AvgIpc) is 3.02. The minimum Gasteiger partial charge on any atom is -0.274 e. The van der Waals surface area contributed by atoms with Crippen molar-refractivity contribution in [3.8, 4) is 6.07 Å². The Hall–Kier alpha value is -1.19. The van der Waals surface area contributed by atoms with Crippen LogP contribution in [0.2, 0.25) is 0 Å². The number of nitrogens with zero attached hydrogens (tertiary/aromatic N) is 3. The molecular weight excluding hydrogens is 296 g/mol. The molecule has 1 saturated carbocycles. The van der Waals surface area contributed by atoms with E-state index in [0.717, 1.165) is 18.5 Å². The molecule has 0 bridgehead atoms. The molecule has 1 aliphatic carbocycles. The van der Waals surface area contributed by atoms with Crippen LogP contribution in [-0.2, 0) is 18.0 Å². The van der Waals surface area contributed by atoms with E-state index in [-0.39, 0.29) is 11.3 Å². The highest BCUT2D eigenvalue weighted by Crippen LogP contribution is 2.52. The van der Waals surface area contributed by atoms with Crippen LogP contribution >= 0.6 is 0 Å². The quantitative estimate of drug-likeness (QED) is 0.904. The first-order valence-electron chi connectivity index (χ1n) is 7.79. The van der Waals surface area contributed by atoms with E-state index in [9.17, 15) is 9.47 Å². The normalized spacial score (nSPS) is 20.5. The fourth-order valence-electron chi connectivity index (χ4n) is 3.63. The van der Waals surface area contributed by atoms with E-state index in [2.05, 4.69) is 18.1 Å². The molecule has 5 nitrogen and oxygen atoms in total. The van der Waals surface area contributed by atoms with Crippen LogP contribution in [-0.4, -0.2) is 18.7 Å². The Balaban J connectivity index is 2.46. The maximum absolute atomic E-state index is 11.9. The molecule has 2 N–H and O–H groups in total. The highest BCUT2D eigenvalue weighted by atomic mass is 32.2. The summed E-state index contributed by atoms with van der Waals surface area (Å²) in [6.45, 7) is 6.14. The van der Waals surface area contributed by atoms with E-state index in [1.807, 2.05) is 20.9 Å². The van der Waals surface area contributed by atoms with Crippen LogP contribution < -0.4 is 5.14 Å². The molecule has 22 heavy (non-hydrogen) atoms. The van der Waals surface area contributed by atoms with E-state index >= 15 is 0 Å². The summed E-state index contributed by atoms with van der Waals surface area (Å²) in [4.78, 5) is 0. The molecule has 2 rings (SSSR count). The van der Waals surface area contributed by atoms with Crippen molar-refractivity contribution >= 4 is 11.0 Å². The fourth-order valence-corrected chi connectivity index (χ4v) is 3.96. The Morgan fingerprint density at radius 2 is 2.14 bits per heavy atom. The number of hydrogen-bond donors (Lipinski definition) is 1. The van der Waals surface area contributed by atoms with Gasteiger partial charge >= 0.3 is 0 Å². The molecule has 1 unspecified atom stereocenters. The predicted octanol–water partition coefficient (Wildman–Crippen LogP) is 2.75. The standard InChI is InChI=1S/C16H26N4OS/c1-15(2,22(18)21)9-13(16(3)7-5-6-8-16)14-12(10-17)11-20(4)19-14/h11,13H,5-9,18H2,1-4H3/t13-,22?/m0/s1. The SMILES string of the molecule is Cn1cc(C#N)c([C@H](CC(C)(C)S(N)=O)C2(C)CCCC2)n1. The molecule has 0 amide bonds. The molecule has 0 aromatic carbocycles. The van der Waals surface area contributed by atoms with Gasteiger partial charge in [-0.05, 0) is 38.5 Å². The van der Waals surface area contributed by atoms with Gasteiger partial charge in [-0.1, -0.05) is 19.8 Å². The third-order valence-corrected chi connectivity index (χ3v) is 6.39. The lowest BCUT2D eigenvalue weighted by atomic mass is 9.70. The van der Waals surface area contributed by atoms with E-state index < -0.39 is 15.7 Å². The van der Waals surface area contributed by atoms with Gasteiger partial charge in [-0.3, -0.25) is 9.82 Å². The van der Waals surface area contributed by atoms with Crippen LogP contribution in [0, 0.1) is 16.7 Å². The van der Waals surface area contributed by atoms with Crippen molar-refractivity contribution in [3.63, 3.8) is 0 Å². The van der Waals surface area contributed by atoms with E-state index in [0.29, 0.717) is 12.0 Å². The molecular formula is C16H26N4OS. The van der Waals surface area contributed by atoms with Crippen molar-refractivity contribution in [2.75, 3.05) is 0 Å². The highest BCUT2D eigenvalue weighted by Gasteiger charge is 2.43. The van der Waals surface area contributed by atoms with Gasteiger partial charge in [0.1, 0.15) is 6.07 Å². The minimum absolute atomic E-state index is 0.0938. The van der Waals surface area contributed by atoms with Gasteiger partial charge in [0.25, 0.3) is 0 Å². The van der Waals surface area contributed by atoms with Crippen LogP contribution in [0.1, 0.15) is 70.1 Å². The molecule has 0 radical (unpaired) electrons. The van der Waals surface area contributed by atoms with Gasteiger partial charge in [0, 0.05) is 19.2 Å². The number of hydrogen-bond acceptors (Lipinski definition) is 3. The fraction of sp³-hybridized carbons (Fsp3) is 0.750. The number of rotatable bonds is 5. The average molecular weight is 322 g/mol. The van der Waals surface area contributed by atoms with Crippen molar-refractivity contribution in [1.29, 1.82) is 5.26 Å². The Morgan fingerprint density at radius 1 is 1.55 bits per heavy atom. The zero-order chi connectivity index (χ0) is 16.5. The Labute approximate surface area is 135 Å². The molecule has 1 aliphatic rings. The van der Waals surface area contributed by atoms with Crippen LogP contribution in [0.4, 0.5) is 0 Å². The summed E-state index contributed by atoms with van der Waals surface area (Å²) in [5.41, 5.74) is 1.56. The molecule has 0 saturated heterocycles. The zero-order valence-corrected chi connectivity index (χ0v) is 14.7. The van der Waals surface area contributed by atoms with Gasteiger partial charge in [-0.2, -0.15) is 10.4 Å². The molecule has 1 fully saturated rings. The van der Waals surface area contributed by atoms with Gasteiger partial charge in [-0.15, -0.1) is 0 Å². The second kappa shape index (κ2) is 6.13. The molecule has 1 heterocycles. The summed E-state index contributed by atoms with van der Waals surface area (Å²) in [7, 11) is 0.430. The van der Waals surface area contributed by atoms with Crippen molar-refractivity contribution in [1.82, 2.24) is 9.78 Å². The van der Waals surface area contributed by atoms with Crippen molar-refractivity contribution < 1.29 is 4.21 Å². The molecule has 122 valence electrons. The summed E-state index contributed by atoms with van der Waals surface area (Å²) in [6.07, 6.45) is 7.09. The lowest BCUT2D eigenvalue weighted by Crippen LogP contribution is -2.37. The van der Waals surface area contributed by atoms with Gasteiger partial charge in [0.05, 0.1) is 27.0 Å². The van der Waals surface area contributed by atoms with Gasteiger partial charge in [0.2, 0.25) is 0 Å². The first-order valence-corrected chi connectivity index (χ1v) is 9.01. The predicted molar refractivity (Wildman–Crippen MR) is 88.3 cm³/mol. The Morgan fingerprint density at radius 3 is 2.64 bits per heavy atom. The maximum atomic E-state index is 11.9. The Kier molecular flexibility index (Phi) is 4.78. The lowest BCUT2D eigenvalue weighted by molar-refractivity contribution is 0.231. The second-order valence-electron chi connectivity index (χ2n) is 7.39. The molecule has 1 aromatic rings. The first-order chi connectivity index (χ1) is 10.2. The summed E-state index contributed by atoms with van der Waals surface area (Å²) in [6, 6.07) is 2.26. The number of aromatic nitrogens is 2. The topological polar surface area (TPSA) is 84.7 Å². The van der Waals surface area contributed by atoms with Crippen molar-refractivity contribution in [3.05, 3.63) is 17.5 Å².